The van der Waals surface area contributed by atoms with Gasteiger partial charge in [0.15, 0.2) is 0 Å². The van der Waals surface area contributed by atoms with Crippen LogP contribution in [0.15, 0.2) is 18.2 Å². The Morgan fingerprint density at radius 1 is 1.38 bits per heavy atom. The molecule has 1 atom stereocenters. The standard InChI is InChI=1S/C16H20ClFN2O/c17-14-8-12(3-6-15(14)18)16(21)20(13-4-5-13)10-11-2-1-7-19-9-11/h3,6,8,11,13,19H,1-2,4-5,7,9-10H2. The lowest BCUT2D eigenvalue weighted by Gasteiger charge is -2.30. The molecule has 1 aliphatic carbocycles. The van der Waals surface area contributed by atoms with Crippen LogP contribution in [0.1, 0.15) is 36.0 Å². The Bertz CT molecular complexity index is 527. The van der Waals surface area contributed by atoms with Crippen LogP contribution in [0.25, 0.3) is 0 Å². The van der Waals surface area contributed by atoms with Crippen molar-refractivity contribution < 1.29 is 9.18 Å². The van der Waals surface area contributed by atoms with Gasteiger partial charge in [0.1, 0.15) is 5.82 Å². The highest BCUT2D eigenvalue weighted by atomic mass is 35.5. The quantitative estimate of drug-likeness (QED) is 0.927. The smallest absolute Gasteiger partial charge is 0.254 e. The van der Waals surface area contributed by atoms with E-state index >= 15 is 0 Å². The summed E-state index contributed by atoms with van der Waals surface area (Å²) in [4.78, 5) is 14.6. The van der Waals surface area contributed by atoms with Crippen LogP contribution in [0.4, 0.5) is 4.39 Å². The number of hydrogen-bond donors (Lipinski definition) is 1. The predicted octanol–water partition coefficient (Wildman–Crippen LogP) is 3.08. The van der Waals surface area contributed by atoms with Crippen LogP contribution in [0.2, 0.25) is 5.02 Å². The second kappa shape index (κ2) is 6.32. The molecule has 0 aromatic heterocycles. The first-order valence-electron chi connectivity index (χ1n) is 7.62. The number of benzene rings is 1. The van der Waals surface area contributed by atoms with Crippen molar-refractivity contribution in [3.63, 3.8) is 0 Å². The predicted molar refractivity (Wildman–Crippen MR) is 81.1 cm³/mol. The van der Waals surface area contributed by atoms with Gasteiger partial charge in [0.25, 0.3) is 5.91 Å². The number of rotatable bonds is 4. The summed E-state index contributed by atoms with van der Waals surface area (Å²) in [7, 11) is 0. The monoisotopic (exact) mass is 310 g/mol. The Labute approximate surface area is 129 Å². The molecule has 114 valence electrons. The lowest BCUT2D eigenvalue weighted by Crippen LogP contribution is -2.42. The number of nitrogens with one attached hydrogen (secondary N) is 1. The number of piperidine rings is 1. The van der Waals surface area contributed by atoms with Gasteiger partial charge in [0.05, 0.1) is 5.02 Å². The molecular formula is C16H20ClFN2O. The average molecular weight is 311 g/mol. The Kier molecular flexibility index (Phi) is 4.45. The van der Waals surface area contributed by atoms with Gasteiger partial charge in [-0.05, 0) is 62.9 Å². The maximum Gasteiger partial charge on any atom is 0.254 e. The van der Waals surface area contributed by atoms with Gasteiger partial charge in [-0.2, -0.15) is 0 Å². The van der Waals surface area contributed by atoms with E-state index in [1.54, 1.807) is 0 Å². The fraction of sp³-hybridized carbons (Fsp3) is 0.562. The second-order valence-corrected chi connectivity index (χ2v) is 6.44. The van der Waals surface area contributed by atoms with E-state index in [0.717, 1.165) is 38.9 Å². The van der Waals surface area contributed by atoms with Crippen LogP contribution < -0.4 is 5.32 Å². The van der Waals surface area contributed by atoms with Crippen LogP contribution in [0, 0.1) is 11.7 Å². The largest absolute Gasteiger partial charge is 0.335 e. The minimum Gasteiger partial charge on any atom is -0.335 e. The van der Waals surface area contributed by atoms with E-state index in [-0.39, 0.29) is 10.9 Å². The Morgan fingerprint density at radius 3 is 2.81 bits per heavy atom. The van der Waals surface area contributed by atoms with E-state index in [1.165, 1.54) is 24.6 Å². The van der Waals surface area contributed by atoms with Gasteiger partial charge in [0, 0.05) is 18.2 Å². The number of amides is 1. The molecule has 3 nitrogen and oxygen atoms in total. The van der Waals surface area contributed by atoms with E-state index in [1.807, 2.05) is 4.90 Å². The molecule has 0 radical (unpaired) electrons. The molecule has 21 heavy (non-hydrogen) atoms. The number of carbonyl (C=O) groups is 1. The van der Waals surface area contributed by atoms with E-state index < -0.39 is 5.82 Å². The van der Waals surface area contributed by atoms with Crippen molar-refractivity contribution in [3.05, 3.63) is 34.6 Å². The van der Waals surface area contributed by atoms with Crippen LogP contribution in [-0.4, -0.2) is 36.5 Å². The fourth-order valence-electron chi connectivity index (χ4n) is 2.94. The lowest BCUT2D eigenvalue weighted by molar-refractivity contribution is 0.0704. The zero-order chi connectivity index (χ0) is 14.8. The molecule has 1 aromatic carbocycles. The summed E-state index contributed by atoms with van der Waals surface area (Å²) in [5, 5.41) is 3.40. The first kappa shape index (κ1) is 14.8. The first-order chi connectivity index (χ1) is 10.1. The third-order valence-electron chi connectivity index (χ3n) is 4.27. The highest BCUT2D eigenvalue weighted by Crippen LogP contribution is 2.30. The van der Waals surface area contributed by atoms with Crippen molar-refractivity contribution in [1.82, 2.24) is 10.2 Å². The van der Waals surface area contributed by atoms with Crippen LogP contribution in [0.3, 0.4) is 0 Å². The molecule has 1 unspecified atom stereocenters. The molecule has 5 heteroatoms. The van der Waals surface area contributed by atoms with Crippen molar-refractivity contribution >= 4 is 17.5 Å². The number of carbonyl (C=O) groups excluding carboxylic acids is 1. The van der Waals surface area contributed by atoms with E-state index in [2.05, 4.69) is 5.32 Å². The Morgan fingerprint density at radius 2 is 2.19 bits per heavy atom. The minimum atomic E-state index is -0.484. The summed E-state index contributed by atoms with van der Waals surface area (Å²) in [6.45, 7) is 2.83. The molecule has 1 N–H and O–H groups in total. The van der Waals surface area contributed by atoms with Gasteiger partial charge in [-0.3, -0.25) is 4.79 Å². The highest BCUT2D eigenvalue weighted by Gasteiger charge is 2.34. The molecule has 1 saturated carbocycles. The molecule has 2 aliphatic rings. The average Bonchev–Trinajstić information content (AvgIpc) is 3.33. The Balaban J connectivity index is 1.73. The molecule has 1 amide bonds. The normalized spacial score (nSPS) is 22.1. The summed E-state index contributed by atoms with van der Waals surface area (Å²) in [5.74, 6) is 0.00635. The molecule has 0 spiro atoms. The maximum absolute atomic E-state index is 13.2. The third kappa shape index (κ3) is 3.55. The zero-order valence-electron chi connectivity index (χ0n) is 11.9. The number of halogens is 2. The van der Waals surface area contributed by atoms with E-state index in [4.69, 9.17) is 11.6 Å². The number of hydrogen-bond acceptors (Lipinski definition) is 2. The van der Waals surface area contributed by atoms with Crippen molar-refractivity contribution in [2.45, 2.75) is 31.7 Å². The lowest BCUT2D eigenvalue weighted by atomic mass is 9.98. The van der Waals surface area contributed by atoms with Gasteiger partial charge in [-0.25, -0.2) is 4.39 Å². The van der Waals surface area contributed by atoms with Crippen LogP contribution in [-0.2, 0) is 0 Å². The SMILES string of the molecule is O=C(c1ccc(F)c(Cl)c1)N(CC1CCCNC1)C1CC1. The summed E-state index contributed by atoms with van der Waals surface area (Å²) >= 11 is 5.79. The molecule has 1 aromatic rings. The summed E-state index contributed by atoms with van der Waals surface area (Å²) in [5.41, 5.74) is 0.483. The van der Waals surface area contributed by atoms with Crippen LogP contribution in [0.5, 0.6) is 0 Å². The molecule has 0 bridgehead atoms. The van der Waals surface area contributed by atoms with Gasteiger partial charge in [-0.1, -0.05) is 11.6 Å². The molecule has 1 heterocycles. The molecule has 1 saturated heterocycles. The third-order valence-corrected chi connectivity index (χ3v) is 4.56. The van der Waals surface area contributed by atoms with Crippen LogP contribution >= 0.6 is 11.6 Å². The van der Waals surface area contributed by atoms with E-state index in [9.17, 15) is 9.18 Å². The summed E-state index contributed by atoms with van der Waals surface area (Å²) in [6, 6.07) is 4.58. The molecule has 3 rings (SSSR count). The fourth-order valence-corrected chi connectivity index (χ4v) is 3.12. The highest BCUT2D eigenvalue weighted by molar-refractivity contribution is 6.31. The second-order valence-electron chi connectivity index (χ2n) is 6.03. The maximum atomic E-state index is 13.2. The zero-order valence-corrected chi connectivity index (χ0v) is 12.7. The van der Waals surface area contributed by atoms with Crippen molar-refractivity contribution in [2.75, 3.05) is 19.6 Å². The minimum absolute atomic E-state index is 0.0101. The van der Waals surface area contributed by atoms with Gasteiger partial charge in [0.2, 0.25) is 0 Å². The van der Waals surface area contributed by atoms with Crippen molar-refractivity contribution in [1.29, 1.82) is 0 Å². The Hall–Kier alpha value is -1.13. The van der Waals surface area contributed by atoms with Crippen molar-refractivity contribution in [3.8, 4) is 0 Å². The van der Waals surface area contributed by atoms with Gasteiger partial charge < -0.3 is 10.2 Å². The summed E-state index contributed by atoms with van der Waals surface area (Å²) in [6.07, 6.45) is 4.47. The molecular weight excluding hydrogens is 291 g/mol. The first-order valence-corrected chi connectivity index (χ1v) is 7.99. The van der Waals surface area contributed by atoms with Gasteiger partial charge in [-0.15, -0.1) is 0 Å². The topological polar surface area (TPSA) is 32.3 Å². The number of nitrogens with zero attached hydrogens (tertiary/aromatic N) is 1. The van der Waals surface area contributed by atoms with Crippen molar-refractivity contribution in [2.24, 2.45) is 5.92 Å². The van der Waals surface area contributed by atoms with E-state index in [0.29, 0.717) is 17.5 Å². The molecule has 2 fully saturated rings. The molecule has 1 aliphatic heterocycles. The van der Waals surface area contributed by atoms with Gasteiger partial charge >= 0.3 is 0 Å². The summed E-state index contributed by atoms with van der Waals surface area (Å²) < 4.78 is 13.2.